The first-order chi connectivity index (χ1) is 9.08. The summed E-state index contributed by atoms with van der Waals surface area (Å²) in [5.74, 6) is 0.440. The largest absolute Gasteiger partial charge is 0.383 e. The number of hydrogen-bond acceptors (Lipinski definition) is 2. The molecule has 2 heterocycles. The summed E-state index contributed by atoms with van der Waals surface area (Å²) in [7, 11) is 0. The van der Waals surface area contributed by atoms with Gasteiger partial charge in [0.2, 0.25) is 0 Å². The van der Waals surface area contributed by atoms with Gasteiger partial charge >= 0.3 is 0 Å². The first kappa shape index (κ1) is 12.1. The van der Waals surface area contributed by atoms with Crippen molar-refractivity contribution in [3.63, 3.8) is 0 Å². The molecule has 100 valence electrons. The first-order valence-corrected chi connectivity index (χ1v) is 6.39. The van der Waals surface area contributed by atoms with Gasteiger partial charge in [-0.15, -0.1) is 0 Å². The topological polar surface area (TPSA) is 43.8 Å². The fourth-order valence-electron chi connectivity index (χ4n) is 2.66. The summed E-state index contributed by atoms with van der Waals surface area (Å²) < 4.78 is 28.7. The lowest BCUT2D eigenvalue weighted by Gasteiger charge is -2.20. The summed E-state index contributed by atoms with van der Waals surface area (Å²) in [5, 5.41) is 0. The van der Waals surface area contributed by atoms with E-state index in [1.54, 1.807) is 0 Å². The van der Waals surface area contributed by atoms with E-state index in [1.807, 2.05) is 4.57 Å². The van der Waals surface area contributed by atoms with Crippen LogP contribution in [0.4, 0.5) is 14.6 Å². The van der Waals surface area contributed by atoms with Crippen molar-refractivity contribution in [3.05, 3.63) is 35.7 Å². The van der Waals surface area contributed by atoms with Crippen LogP contribution >= 0.6 is 0 Å². The first-order valence-electron chi connectivity index (χ1n) is 6.39. The van der Waals surface area contributed by atoms with Crippen LogP contribution in [0.2, 0.25) is 0 Å². The van der Waals surface area contributed by atoms with Crippen LogP contribution in [0.3, 0.4) is 0 Å². The minimum Gasteiger partial charge on any atom is -0.383 e. The number of aromatic nitrogens is 2. The monoisotopic (exact) mass is 263 g/mol. The average molecular weight is 263 g/mol. The Bertz CT molecular complexity index is 634. The van der Waals surface area contributed by atoms with Gasteiger partial charge in [-0.05, 0) is 25.0 Å². The molecule has 2 aromatic rings. The SMILES string of the molecule is CC1CCCn2c1nc(-c1ccc(F)cc1F)c2N. The molecule has 1 aliphatic heterocycles. The van der Waals surface area contributed by atoms with E-state index in [0.717, 1.165) is 31.3 Å². The minimum absolute atomic E-state index is 0.257. The Morgan fingerprint density at radius 2 is 2.16 bits per heavy atom. The Labute approximate surface area is 110 Å². The maximum absolute atomic E-state index is 13.8. The number of fused-ring (bicyclic) bond motifs is 1. The molecule has 0 fully saturated rings. The highest BCUT2D eigenvalue weighted by molar-refractivity contribution is 5.71. The molecule has 5 heteroatoms. The van der Waals surface area contributed by atoms with Gasteiger partial charge < -0.3 is 10.3 Å². The molecule has 0 spiro atoms. The van der Waals surface area contributed by atoms with Crippen molar-refractivity contribution in [1.82, 2.24) is 9.55 Å². The van der Waals surface area contributed by atoms with E-state index in [1.165, 1.54) is 12.1 Å². The zero-order valence-corrected chi connectivity index (χ0v) is 10.7. The number of hydrogen-bond donors (Lipinski definition) is 1. The number of anilines is 1. The second kappa shape index (κ2) is 4.33. The lowest BCUT2D eigenvalue weighted by molar-refractivity contribution is 0.467. The van der Waals surface area contributed by atoms with Gasteiger partial charge in [-0.1, -0.05) is 6.92 Å². The molecule has 1 aromatic heterocycles. The molecule has 0 amide bonds. The lowest BCUT2D eigenvalue weighted by Crippen LogP contribution is -2.15. The highest BCUT2D eigenvalue weighted by Crippen LogP contribution is 2.35. The van der Waals surface area contributed by atoms with Crippen molar-refractivity contribution in [2.75, 3.05) is 5.73 Å². The number of rotatable bonds is 1. The van der Waals surface area contributed by atoms with Gasteiger partial charge in [0.25, 0.3) is 0 Å². The molecule has 1 unspecified atom stereocenters. The molecule has 1 atom stereocenters. The summed E-state index contributed by atoms with van der Waals surface area (Å²) in [6.45, 7) is 2.89. The molecule has 2 N–H and O–H groups in total. The van der Waals surface area contributed by atoms with Crippen molar-refractivity contribution >= 4 is 5.82 Å². The van der Waals surface area contributed by atoms with Gasteiger partial charge in [0.05, 0.1) is 0 Å². The number of imidazole rings is 1. The number of nitrogens with zero attached hydrogens (tertiary/aromatic N) is 2. The van der Waals surface area contributed by atoms with Gasteiger partial charge in [-0.2, -0.15) is 0 Å². The van der Waals surface area contributed by atoms with Crippen LogP contribution in [0.15, 0.2) is 18.2 Å². The Morgan fingerprint density at radius 3 is 2.84 bits per heavy atom. The Balaban J connectivity index is 2.16. The number of nitrogen functional groups attached to an aromatic ring is 1. The molecule has 0 radical (unpaired) electrons. The van der Waals surface area contributed by atoms with Crippen LogP contribution in [-0.4, -0.2) is 9.55 Å². The van der Waals surface area contributed by atoms with Crippen LogP contribution in [0.1, 0.15) is 31.5 Å². The van der Waals surface area contributed by atoms with Crippen molar-refractivity contribution in [2.24, 2.45) is 0 Å². The normalized spacial score (nSPS) is 18.4. The van der Waals surface area contributed by atoms with Crippen LogP contribution in [-0.2, 0) is 6.54 Å². The summed E-state index contributed by atoms with van der Waals surface area (Å²) in [6, 6.07) is 3.47. The number of halogens is 2. The van der Waals surface area contributed by atoms with E-state index in [0.29, 0.717) is 17.4 Å². The predicted molar refractivity (Wildman–Crippen MR) is 69.6 cm³/mol. The van der Waals surface area contributed by atoms with Crippen LogP contribution in [0.25, 0.3) is 11.3 Å². The number of nitrogens with two attached hydrogens (primary N) is 1. The van der Waals surface area contributed by atoms with Gasteiger partial charge in [0.1, 0.15) is 29.0 Å². The highest BCUT2D eigenvalue weighted by atomic mass is 19.1. The lowest BCUT2D eigenvalue weighted by atomic mass is 10.0. The fraction of sp³-hybridized carbons (Fsp3) is 0.357. The molecule has 0 aliphatic carbocycles. The molecule has 1 aromatic carbocycles. The molecule has 3 nitrogen and oxygen atoms in total. The molecule has 19 heavy (non-hydrogen) atoms. The Morgan fingerprint density at radius 1 is 1.37 bits per heavy atom. The van der Waals surface area contributed by atoms with Crippen LogP contribution in [0.5, 0.6) is 0 Å². The summed E-state index contributed by atoms with van der Waals surface area (Å²) >= 11 is 0. The van der Waals surface area contributed by atoms with Crippen LogP contribution in [0, 0.1) is 11.6 Å². The van der Waals surface area contributed by atoms with Gasteiger partial charge in [0.15, 0.2) is 0 Å². The van der Waals surface area contributed by atoms with Crippen LogP contribution < -0.4 is 5.73 Å². The van der Waals surface area contributed by atoms with E-state index in [4.69, 9.17) is 5.73 Å². The van der Waals surface area contributed by atoms with E-state index in [2.05, 4.69) is 11.9 Å². The summed E-state index contributed by atoms with van der Waals surface area (Å²) in [6.07, 6.45) is 2.10. The zero-order valence-electron chi connectivity index (χ0n) is 10.7. The van der Waals surface area contributed by atoms with E-state index < -0.39 is 11.6 Å². The quantitative estimate of drug-likeness (QED) is 0.857. The van der Waals surface area contributed by atoms with Gasteiger partial charge in [-0.25, -0.2) is 13.8 Å². The second-order valence-corrected chi connectivity index (χ2v) is 5.02. The minimum atomic E-state index is -0.630. The third kappa shape index (κ3) is 1.89. The third-order valence-corrected chi connectivity index (χ3v) is 3.68. The summed E-state index contributed by atoms with van der Waals surface area (Å²) in [4.78, 5) is 4.47. The third-order valence-electron chi connectivity index (χ3n) is 3.68. The molecule has 0 saturated carbocycles. The van der Waals surface area contributed by atoms with Crippen molar-refractivity contribution in [3.8, 4) is 11.3 Å². The Hall–Kier alpha value is -1.91. The Kier molecular flexibility index (Phi) is 2.77. The molecule has 1 aliphatic rings. The van der Waals surface area contributed by atoms with Crippen molar-refractivity contribution < 1.29 is 8.78 Å². The molecule has 0 bridgehead atoms. The average Bonchev–Trinajstić information content (AvgIpc) is 2.69. The maximum atomic E-state index is 13.8. The predicted octanol–water partition coefficient (Wildman–Crippen LogP) is 3.31. The second-order valence-electron chi connectivity index (χ2n) is 5.02. The molecule has 0 saturated heterocycles. The maximum Gasteiger partial charge on any atom is 0.135 e. The molecule has 3 rings (SSSR count). The highest BCUT2D eigenvalue weighted by Gasteiger charge is 2.24. The molecular weight excluding hydrogens is 248 g/mol. The number of benzene rings is 1. The standard InChI is InChI=1S/C14H15F2N3/c1-8-3-2-6-19-13(17)12(18-14(8)19)10-5-4-9(15)7-11(10)16/h4-5,7-8H,2-3,6,17H2,1H3. The van der Waals surface area contributed by atoms with Crippen molar-refractivity contribution in [1.29, 1.82) is 0 Å². The van der Waals surface area contributed by atoms with Gasteiger partial charge in [-0.3, -0.25) is 0 Å². The fourth-order valence-corrected chi connectivity index (χ4v) is 2.66. The van der Waals surface area contributed by atoms with Gasteiger partial charge in [0, 0.05) is 24.1 Å². The summed E-state index contributed by atoms with van der Waals surface area (Å²) in [5.41, 5.74) is 6.74. The van der Waals surface area contributed by atoms with E-state index >= 15 is 0 Å². The smallest absolute Gasteiger partial charge is 0.135 e. The van der Waals surface area contributed by atoms with E-state index in [-0.39, 0.29) is 5.56 Å². The molecular formula is C14H15F2N3. The van der Waals surface area contributed by atoms with Crippen molar-refractivity contribution in [2.45, 2.75) is 32.2 Å². The zero-order chi connectivity index (χ0) is 13.6. The van der Waals surface area contributed by atoms with E-state index in [9.17, 15) is 8.78 Å².